The maximum atomic E-state index is 2.29. The van der Waals surface area contributed by atoms with Gasteiger partial charge < -0.3 is 0 Å². The fourth-order valence-electron chi connectivity index (χ4n) is 0.236. The van der Waals surface area contributed by atoms with Crippen molar-refractivity contribution in [3.63, 3.8) is 0 Å². The van der Waals surface area contributed by atoms with E-state index in [4.69, 9.17) is 0 Å². The van der Waals surface area contributed by atoms with Crippen LogP contribution in [0.3, 0.4) is 0 Å². The van der Waals surface area contributed by atoms with Gasteiger partial charge in [0, 0.05) is 0 Å². The molecule has 1 unspecified atom stereocenters. The van der Waals surface area contributed by atoms with Crippen molar-refractivity contribution in [3.8, 4) is 0 Å². The summed E-state index contributed by atoms with van der Waals surface area (Å²) in [5.74, 6) is 2.29. The molecule has 0 spiro atoms. The van der Waals surface area contributed by atoms with Gasteiger partial charge in [-0.15, -0.1) is 0 Å². The molecule has 0 amide bonds. The van der Waals surface area contributed by atoms with Gasteiger partial charge in [0.15, 0.2) is 0 Å². The van der Waals surface area contributed by atoms with Crippen molar-refractivity contribution in [2.45, 2.75) is 5.82 Å². The molecule has 0 bridgehead atoms. The Morgan fingerprint density at radius 2 is 2.00 bits per heavy atom. The predicted octanol–water partition coefficient (Wildman–Crippen LogP) is 0.604. The standard InChI is InChI=1S/C4H6Se/c1-5-3-2-4-5/h2-4H,1H3. The second-order valence-electron chi connectivity index (χ2n) is 1.07. The van der Waals surface area contributed by atoms with E-state index >= 15 is 0 Å². The van der Waals surface area contributed by atoms with Crippen LogP contribution in [0.15, 0.2) is 11.1 Å². The quantitative estimate of drug-likeness (QED) is 0.424. The maximum absolute atomic E-state index is 2.29. The number of allylic oxidation sites excluding steroid dienone is 1. The van der Waals surface area contributed by atoms with Crippen molar-refractivity contribution in [1.82, 2.24) is 0 Å². The second kappa shape index (κ2) is 1.08. The Hall–Kier alpha value is 0.129. The summed E-state index contributed by atoms with van der Waals surface area (Å²) < 4.78 is 0. The van der Waals surface area contributed by atoms with E-state index in [1.807, 2.05) is 0 Å². The van der Waals surface area contributed by atoms with Crippen LogP contribution in [0.2, 0.25) is 5.82 Å². The predicted molar refractivity (Wildman–Crippen MR) is 26.8 cm³/mol. The molecule has 0 nitrogen and oxygen atoms in total. The first-order valence-electron chi connectivity index (χ1n) is 1.55. The summed E-state index contributed by atoms with van der Waals surface area (Å²) >= 11 is -0.171. The van der Waals surface area contributed by atoms with Crippen molar-refractivity contribution in [1.29, 1.82) is 0 Å². The third-order valence-electron chi connectivity index (χ3n) is 0.586. The van der Waals surface area contributed by atoms with Crippen LogP contribution in [0, 0.1) is 0 Å². The Labute approximate surface area is 35.9 Å². The number of rotatable bonds is 0. The van der Waals surface area contributed by atoms with Crippen LogP contribution in [-0.4, -0.2) is 18.4 Å². The molecule has 1 heterocycles. The first-order valence-corrected chi connectivity index (χ1v) is 5.24. The Balaban J connectivity index is 2.60. The van der Waals surface area contributed by atoms with Gasteiger partial charge in [-0.2, -0.15) is 0 Å². The van der Waals surface area contributed by atoms with Crippen LogP contribution >= 0.6 is 0 Å². The van der Waals surface area contributed by atoms with Gasteiger partial charge in [0.1, 0.15) is 0 Å². The molecule has 1 atom stereocenters. The summed E-state index contributed by atoms with van der Waals surface area (Å²) in [5, 5.41) is 0. The number of hydrogen-bond donors (Lipinski definition) is 0. The van der Waals surface area contributed by atoms with Gasteiger partial charge in [-0.25, -0.2) is 0 Å². The second-order valence-corrected chi connectivity index (χ2v) is 4.76. The van der Waals surface area contributed by atoms with Crippen molar-refractivity contribution in [2.75, 3.05) is 0 Å². The van der Waals surface area contributed by atoms with Gasteiger partial charge in [0.05, 0.1) is 0 Å². The van der Waals surface area contributed by atoms with Crippen molar-refractivity contribution in [2.24, 2.45) is 0 Å². The third-order valence-corrected chi connectivity index (χ3v) is 3.05. The van der Waals surface area contributed by atoms with Crippen LogP contribution in [-0.2, 0) is 0 Å². The average molecular weight is 133 g/mol. The first-order chi connectivity index (χ1) is 2.39. The molecule has 1 heteroatoms. The molecule has 0 saturated heterocycles. The van der Waals surface area contributed by atoms with Crippen LogP contribution < -0.4 is 0 Å². The molecule has 1 rings (SSSR count). The molecule has 1 aliphatic heterocycles. The summed E-state index contributed by atoms with van der Waals surface area (Å²) in [7, 11) is 0. The van der Waals surface area contributed by atoms with E-state index in [2.05, 4.69) is 21.8 Å². The molecule has 28 valence electrons. The van der Waals surface area contributed by atoms with Gasteiger partial charge in [-0.3, -0.25) is 0 Å². The summed E-state index contributed by atoms with van der Waals surface area (Å²) in [6.45, 7) is 0. The van der Waals surface area contributed by atoms with Gasteiger partial charge in [-0.05, 0) is 0 Å². The Bertz CT molecular complexity index is 89.8. The van der Waals surface area contributed by atoms with Gasteiger partial charge in [-0.1, -0.05) is 0 Å². The molecule has 0 saturated carbocycles. The molecule has 5 heavy (non-hydrogen) atoms. The van der Waals surface area contributed by atoms with Crippen LogP contribution in [0.1, 0.15) is 0 Å². The molecule has 1 aliphatic rings. The van der Waals surface area contributed by atoms with Crippen LogP contribution in [0.5, 0.6) is 0 Å². The monoisotopic (exact) mass is 134 g/mol. The fourth-order valence-corrected chi connectivity index (χ4v) is 1.22. The Morgan fingerprint density at radius 3 is 2.00 bits per heavy atom. The van der Waals surface area contributed by atoms with E-state index in [-0.39, 0.29) is 13.5 Å². The minimum atomic E-state index is -0.171. The van der Waals surface area contributed by atoms with Crippen LogP contribution in [0.25, 0.3) is 0 Å². The van der Waals surface area contributed by atoms with E-state index in [0.717, 1.165) is 0 Å². The fraction of sp³-hybridized carbons (Fsp3) is 0.250. The molecule has 0 aliphatic carbocycles. The molecule has 0 N–H and O–H groups in total. The molecular formula is C4H6Se. The summed E-state index contributed by atoms with van der Waals surface area (Å²) in [6.07, 6.45) is 2.13. The zero-order chi connectivity index (χ0) is 3.70. The van der Waals surface area contributed by atoms with Crippen molar-refractivity contribution < 1.29 is 0 Å². The Kier molecular flexibility index (Phi) is 0.716. The zero-order valence-electron chi connectivity index (χ0n) is 3.14. The first kappa shape index (κ1) is 3.32. The number of hydrogen-bond acceptors (Lipinski definition) is 0. The van der Waals surface area contributed by atoms with E-state index < -0.39 is 0 Å². The average Bonchev–Trinajstić information content (AvgIpc) is 1.30. The molecule has 0 aromatic rings. The van der Waals surface area contributed by atoms with Gasteiger partial charge in [0.2, 0.25) is 0 Å². The Morgan fingerprint density at radius 1 is 1.60 bits per heavy atom. The van der Waals surface area contributed by atoms with E-state index in [9.17, 15) is 0 Å². The SMILES string of the molecule is C[Se]1=CC=C1. The zero-order valence-corrected chi connectivity index (χ0v) is 4.85. The molecular weight excluding hydrogens is 127 g/mol. The summed E-state index contributed by atoms with van der Waals surface area (Å²) in [6, 6.07) is 0. The minimum absolute atomic E-state index is 0.171. The van der Waals surface area contributed by atoms with E-state index in [1.165, 1.54) is 0 Å². The van der Waals surface area contributed by atoms with Crippen LogP contribution in [0.4, 0.5) is 0 Å². The van der Waals surface area contributed by atoms with E-state index in [0.29, 0.717) is 0 Å². The van der Waals surface area contributed by atoms with Gasteiger partial charge >= 0.3 is 35.3 Å². The molecule has 0 aromatic carbocycles. The topological polar surface area (TPSA) is 0 Å². The van der Waals surface area contributed by atoms with Gasteiger partial charge in [0.25, 0.3) is 0 Å². The van der Waals surface area contributed by atoms with Crippen molar-refractivity contribution in [3.05, 3.63) is 11.1 Å². The normalized spacial score (nSPS) is 31.8. The third kappa shape index (κ3) is 0.498. The summed E-state index contributed by atoms with van der Waals surface area (Å²) in [4.78, 5) is 4.58. The molecule has 0 radical (unpaired) electrons. The van der Waals surface area contributed by atoms with E-state index in [1.54, 1.807) is 0 Å². The molecule has 0 aromatic heterocycles. The van der Waals surface area contributed by atoms with Crippen molar-refractivity contribution >= 4 is 18.4 Å². The molecule has 0 fully saturated rings. The summed E-state index contributed by atoms with van der Waals surface area (Å²) in [5.41, 5.74) is 0.